The van der Waals surface area contributed by atoms with E-state index in [1.54, 1.807) is 12.3 Å². The number of rotatable bonds is 5. The van der Waals surface area contributed by atoms with Crippen LogP contribution in [-0.4, -0.2) is 18.7 Å². The zero-order valence-electron chi connectivity index (χ0n) is 11.0. The molecule has 0 atom stereocenters. The second kappa shape index (κ2) is 6.71. The van der Waals surface area contributed by atoms with Crippen molar-refractivity contribution in [1.29, 1.82) is 0 Å². The lowest BCUT2D eigenvalue weighted by atomic mass is 10.0. The molecule has 0 saturated heterocycles. The number of aliphatic imine (C=N–C) groups is 1. The fourth-order valence-corrected chi connectivity index (χ4v) is 1.54. The summed E-state index contributed by atoms with van der Waals surface area (Å²) in [6, 6.07) is 3.70. The zero-order valence-corrected chi connectivity index (χ0v) is 11.0. The van der Waals surface area contributed by atoms with Crippen LogP contribution in [-0.2, 0) is 4.84 Å². The number of hydrogen-bond donors (Lipinski definition) is 1. The molecule has 96 valence electrons. The van der Waals surface area contributed by atoms with E-state index in [9.17, 15) is 4.79 Å². The molecule has 4 heteroatoms. The maximum atomic E-state index is 11.9. The van der Waals surface area contributed by atoms with Crippen molar-refractivity contribution in [3.05, 3.63) is 41.5 Å². The van der Waals surface area contributed by atoms with Crippen molar-refractivity contribution in [2.75, 3.05) is 6.61 Å². The van der Waals surface area contributed by atoms with Crippen LogP contribution in [0.3, 0.4) is 0 Å². The molecule has 0 aromatic heterocycles. The van der Waals surface area contributed by atoms with Gasteiger partial charge in [-0.15, -0.1) is 6.58 Å². The molecule has 0 unspecified atom stereocenters. The summed E-state index contributed by atoms with van der Waals surface area (Å²) in [6.45, 7) is 9.43. The number of nitrogens with zero attached hydrogens (tertiary/aromatic N) is 1. The molecule has 1 N–H and O–H groups in total. The van der Waals surface area contributed by atoms with Crippen molar-refractivity contribution in [3.8, 4) is 0 Å². The van der Waals surface area contributed by atoms with E-state index in [2.05, 4.69) is 17.1 Å². The highest BCUT2D eigenvalue weighted by Gasteiger charge is 2.11. The van der Waals surface area contributed by atoms with E-state index in [1.807, 2.05) is 32.9 Å². The molecule has 0 radical (unpaired) electrons. The Morgan fingerprint density at radius 3 is 2.78 bits per heavy atom. The molecule has 0 aliphatic carbocycles. The summed E-state index contributed by atoms with van der Waals surface area (Å²) in [4.78, 5) is 21.0. The second-order valence-electron chi connectivity index (χ2n) is 3.87. The molecule has 0 heterocycles. The van der Waals surface area contributed by atoms with E-state index >= 15 is 0 Å². The molecular formula is C14H18N2O2. The lowest BCUT2D eigenvalue weighted by Crippen LogP contribution is -2.24. The third kappa shape index (κ3) is 3.53. The van der Waals surface area contributed by atoms with Crippen LogP contribution in [0.2, 0.25) is 0 Å². The van der Waals surface area contributed by atoms with Crippen LogP contribution in [0.4, 0.5) is 5.69 Å². The minimum Gasteiger partial charge on any atom is -0.269 e. The number of nitrogens with one attached hydrogen (secondary N) is 1. The van der Waals surface area contributed by atoms with Crippen LogP contribution in [0.5, 0.6) is 0 Å². The SMILES string of the molecule is C=CCONC(=O)c1cc(C)c(N=CC)cc1C. The minimum absolute atomic E-state index is 0.260. The van der Waals surface area contributed by atoms with E-state index in [0.29, 0.717) is 5.56 Å². The summed E-state index contributed by atoms with van der Waals surface area (Å²) >= 11 is 0. The smallest absolute Gasteiger partial charge is 0.269 e. The normalized spacial score (nSPS) is 10.6. The van der Waals surface area contributed by atoms with Crippen molar-refractivity contribution in [1.82, 2.24) is 5.48 Å². The van der Waals surface area contributed by atoms with Gasteiger partial charge >= 0.3 is 0 Å². The molecule has 0 saturated carbocycles. The van der Waals surface area contributed by atoms with E-state index in [1.165, 1.54) is 0 Å². The molecule has 1 rings (SSSR count). The predicted octanol–water partition coefficient (Wildman–Crippen LogP) is 2.87. The van der Waals surface area contributed by atoms with Crippen LogP contribution in [0.1, 0.15) is 28.4 Å². The summed E-state index contributed by atoms with van der Waals surface area (Å²) in [7, 11) is 0. The van der Waals surface area contributed by atoms with Gasteiger partial charge < -0.3 is 0 Å². The molecule has 0 fully saturated rings. The maximum absolute atomic E-state index is 11.9. The Bertz CT molecular complexity index is 479. The van der Waals surface area contributed by atoms with Gasteiger partial charge in [-0.25, -0.2) is 5.48 Å². The van der Waals surface area contributed by atoms with Gasteiger partial charge in [-0.3, -0.25) is 14.6 Å². The van der Waals surface area contributed by atoms with Gasteiger partial charge in [0.2, 0.25) is 0 Å². The number of carbonyl (C=O) groups excluding carboxylic acids is 1. The topological polar surface area (TPSA) is 50.7 Å². The van der Waals surface area contributed by atoms with E-state index < -0.39 is 0 Å². The largest absolute Gasteiger partial charge is 0.275 e. The Morgan fingerprint density at radius 2 is 2.17 bits per heavy atom. The van der Waals surface area contributed by atoms with Crippen molar-refractivity contribution in [2.45, 2.75) is 20.8 Å². The van der Waals surface area contributed by atoms with Crippen molar-refractivity contribution in [2.24, 2.45) is 4.99 Å². The van der Waals surface area contributed by atoms with Gasteiger partial charge in [0.25, 0.3) is 5.91 Å². The van der Waals surface area contributed by atoms with Gasteiger partial charge in [0, 0.05) is 11.8 Å². The van der Waals surface area contributed by atoms with Gasteiger partial charge in [-0.1, -0.05) is 6.08 Å². The van der Waals surface area contributed by atoms with E-state index in [0.717, 1.165) is 16.8 Å². The molecule has 0 aliphatic heterocycles. The Morgan fingerprint density at radius 1 is 1.44 bits per heavy atom. The highest BCUT2D eigenvalue weighted by Crippen LogP contribution is 2.23. The Labute approximate surface area is 107 Å². The van der Waals surface area contributed by atoms with Crippen molar-refractivity contribution in [3.63, 3.8) is 0 Å². The second-order valence-corrected chi connectivity index (χ2v) is 3.87. The Hall–Kier alpha value is -1.94. The summed E-state index contributed by atoms with van der Waals surface area (Å²) in [5.74, 6) is -0.260. The van der Waals surface area contributed by atoms with Crippen LogP contribution in [0, 0.1) is 13.8 Å². The first-order chi connectivity index (χ1) is 8.60. The first-order valence-electron chi connectivity index (χ1n) is 5.73. The lowest BCUT2D eigenvalue weighted by Gasteiger charge is -2.09. The average molecular weight is 246 g/mol. The molecule has 4 nitrogen and oxygen atoms in total. The highest BCUT2D eigenvalue weighted by molar-refractivity contribution is 5.95. The van der Waals surface area contributed by atoms with Gasteiger partial charge in [0.1, 0.15) is 0 Å². The van der Waals surface area contributed by atoms with Crippen molar-refractivity contribution < 1.29 is 9.63 Å². The third-order valence-electron chi connectivity index (χ3n) is 2.42. The maximum Gasteiger partial charge on any atom is 0.275 e. The van der Waals surface area contributed by atoms with Gasteiger partial charge in [-0.05, 0) is 44.0 Å². The first-order valence-corrected chi connectivity index (χ1v) is 5.73. The summed E-state index contributed by atoms with van der Waals surface area (Å²) in [5, 5.41) is 0. The number of carbonyl (C=O) groups is 1. The Balaban J connectivity index is 2.93. The quantitative estimate of drug-likeness (QED) is 0.376. The molecule has 1 aromatic carbocycles. The minimum atomic E-state index is -0.260. The van der Waals surface area contributed by atoms with Gasteiger partial charge in [0.05, 0.1) is 12.3 Å². The number of aryl methyl sites for hydroxylation is 2. The van der Waals surface area contributed by atoms with Gasteiger partial charge in [-0.2, -0.15) is 0 Å². The molecule has 18 heavy (non-hydrogen) atoms. The average Bonchev–Trinajstić information content (AvgIpc) is 2.34. The fraction of sp³-hybridized carbons (Fsp3) is 0.286. The van der Waals surface area contributed by atoms with Crippen LogP contribution in [0.15, 0.2) is 29.8 Å². The molecule has 1 aromatic rings. The molecule has 0 spiro atoms. The van der Waals surface area contributed by atoms with Crippen LogP contribution < -0.4 is 5.48 Å². The van der Waals surface area contributed by atoms with Crippen LogP contribution >= 0.6 is 0 Å². The fourth-order valence-electron chi connectivity index (χ4n) is 1.54. The summed E-state index contributed by atoms with van der Waals surface area (Å²) in [6.07, 6.45) is 3.30. The number of benzene rings is 1. The highest BCUT2D eigenvalue weighted by atomic mass is 16.6. The molecule has 0 aliphatic rings. The number of hydrogen-bond acceptors (Lipinski definition) is 3. The monoisotopic (exact) mass is 246 g/mol. The number of hydroxylamine groups is 1. The molecule has 0 bridgehead atoms. The Kier molecular flexibility index (Phi) is 5.27. The summed E-state index contributed by atoms with van der Waals surface area (Å²) in [5.41, 5.74) is 5.65. The molecule has 1 amide bonds. The molecular weight excluding hydrogens is 228 g/mol. The van der Waals surface area contributed by atoms with E-state index in [4.69, 9.17) is 4.84 Å². The first kappa shape index (κ1) is 14.1. The van der Waals surface area contributed by atoms with E-state index in [-0.39, 0.29) is 12.5 Å². The predicted molar refractivity (Wildman–Crippen MR) is 73.4 cm³/mol. The lowest BCUT2D eigenvalue weighted by molar-refractivity contribution is 0.0421. The van der Waals surface area contributed by atoms with Crippen LogP contribution in [0.25, 0.3) is 0 Å². The number of amides is 1. The summed E-state index contributed by atoms with van der Waals surface area (Å²) < 4.78 is 0. The van der Waals surface area contributed by atoms with Crippen molar-refractivity contribution >= 4 is 17.8 Å². The zero-order chi connectivity index (χ0) is 13.5. The standard InChI is InChI=1S/C14H18N2O2/c1-5-7-18-16-14(17)12-8-11(4)13(15-6-2)9-10(12)3/h5-6,8-9H,1,7H2,2-4H3,(H,16,17). The van der Waals surface area contributed by atoms with Gasteiger partial charge in [0.15, 0.2) is 0 Å². The third-order valence-corrected chi connectivity index (χ3v) is 2.42.